The van der Waals surface area contributed by atoms with Gasteiger partial charge < -0.3 is 20.7 Å². The van der Waals surface area contributed by atoms with E-state index in [1.165, 1.54) is 6.20 Å². The summed E-state index contributed by atoms with van der Waals surface area (Å²) in [5.74, 6) is 1.82. The monoisotopic (exact) mass is 338 g/mol. The first kappa shape index (κ1) is 15.3. The molecular weight excluding hydrogens is 320 g/mol. The topological polar surface area (TPSA) is 92.6 Å². The average Bonchev–Trinajstić information content (AvgIpc) is 3.03. The van der Waals surface area contributed by atoms with Crippen molar-refractivity contribution in [2.45, 2.75) is 13.0 Å². The fourth-order valence-electron chi connectivity index (χ4n) is 2.74. The van der Waals surface area contributed by atoms with Gasteiger partial charge in [0.25, 0.3) is 5.91 Å². The highest BCUT2D eigenvalue weighted by atomic mass is 16.5. The Hall–Kier alpha value is -3.29. The third-order valence-electron chi connectivity index (χ3n) is 3.96. The number of nitrogens with one attached hydrogen (secondary N) is 3. The maximum absolute atomic E-state index is 12.6. The number of carbonyl (C=O) groups excluding carboxylic acids is 1. The first-order valence-electron chi connectivity index (χ1n) is 8.01. The molecule has 4 rings (SSSR count). The van der Waals surface area contributed by atoms with Crippen LogP contribution in [-0.4, -0.2) is 40.2 Å². The highest BCUT2D eigenvalue weighted by Crippen LogP contribution is 2.24. The smallest absolute Gasteiger partial charge is 0.257 e. The molecule has 1 atom stereocenters. The van der Waals surface area contributed by atoms with Crippen LogP contribution in [0.5, 0.6) is 5.75 Å². The van der Waals surface area contributed by atoms with E-state index >= 15 is 0 Å². The molecule has 1 aromatic carbocycles. The largest absolute Gasteiger partial charge is 0.491 e. The summed E-state index contributed by atoms with van der Waals surface area (Å²) >= 11 is 0. The van der Waals surface area contributed by atoms with Crippen molar-refractivity contribution in [1.82, 2.24) is 19.9 Å². The molecule has 3 aromatic rings. The van der Waals surface area contributed by atoms with E-state index in [1.807, 2.05) is 37.3 Å². The van der Waals surface area contributed by atoms with E-state index in [0.717, 1.165) is 17.3 Å². The Labute approximate surface area is 144 Å². The van der Waals surface area contributed by atoms with Gasteiger partial charge >= 0.3 is 0 Å². The molecule has 1 amide bonds. The summed E-state index contributed by atoms with van der Waals surface area (Å²) in [6.07, 6.45) is 1.52. The predicted molar refractivity (Wildman–Crippen MR) is 94.7 cm³/mol. The summed E-state index contributed by atoms with van der Waals surface area (Å²) in [4.78, 5) is 17.2. The Kier molecular flexibility index (Phi) is 3.64. The number of amides is 1. The third-order valence-corrected chi connectivity index (χ3v) is 3.96. The van der Waals surface area contributed by atoms with Crippen molar-refractivity contribution in [2.75, 3.05) is 24.3 Å². The summed E-state index contributed by atoms with van der Waals surface area (Å²) < 4.78 is 7.38. The molecule has 3 heterocycles. The number of rotatable bonds is 1. The Morgan fingerprint density at radius 2 is 2.24 bits per heavy atom. The molecule has 128 valence electrons. The Balaban J connectivity index is 1.89. The lowest BCUT2D eigenvalue weighted by atomic mass is 10.2. The van der Waals surface area contributed by atoms with Gasteiger partial charge in [0.1, 0.15) is 29.6 Å². The quantitative estimate of drug-likeness (QED) is 0.629. The number of aromatic nitrogens is 3. The highest BCUT2D eigenvalue weighted by molar-refractivity contribution is 6.00. The minimum atomic E-state index is -0.233. The van der Waals surface area contributed by atoms with Gasteiger partial charge in [0.15, 0.2) is 5.65 Å². The Bertz CT molecular complexity index is 951. The van der Waals surface area contributed by atoms with E-state index in [9.17, 15) is 4.79 Å². The van der Waals surface area contributed by atoms with E-state index in [4.69, 9.17) is 4.74 Å². The average molecular weight is 338 g/mol. The van der Waals surface area contributed by atoms with Crippen LogP contribution >= 0.6 is 0 Å². The molecule has 0 fully saturated rings. The molecule has 0 saturated carbocycles. The van der Waals surface area contributed by atoms with Crippen molar-refractivity contribution >= 4 is 28.9 Å². The zero-order valence-electron chi connectivity index (χ0n) is 13.9. The van der Waals surface area contributed by atoms with Crippen LogP contribution in [0.25, 0.3) is 5.65 Å². The molecule has 0 radical (unpaired) electrons. The van der Waals surface area contributed by atoms with Gasteiger partial charge in [-0.3, -0.25) is 4.79 Å². The number of nitrogens with zero attached hydrogens (tertiary/aromatic N) is 3. The molecule has 0 saturated heterocycles. The van der Waals surface area contributed by atoms with Crippen LogP contribution in [-0.2, 0) is 0 Å². The van der Waals surface area contributed by atoms with Crippen LogP contribution in [0.15, 0.2) is 36.5 Å². The second kappa shape index (κ2) is 5.97. The lowest BCUT2D eigenvalue weighted by molar-refractivity contribution is 0.0928. The van der Waals surface area contributed by atoms with Gasteiger partial charge in [0.2, 0.25) is 0 Å². The SMILES string of the molecule is CNc1cc2nc3c(cnn13)C(=O)NC(C)COc1cccc(c1)N2. The Morgan fingerprint density at radius 1 is 1.36 bits per heavy atom. The van der Waals surface area contributed by atoms with E-state index in [0.29, 0.717) is 23.6 Å². The zero-order valence-corrected chi connectivity index (χ0v) is 13.9. The van der Waals surface area contributed by atoms with Crippen LogP contribution in [0.4, 0.5) is 17.3 Å². The van der Waals surface area contributed by atoms with Crippen LogP contribution in [0.3, 0.4) is 0 Å². The normalized spacial score (nSPS) is 16.9. The van der Waals surface area contributed by atoms with Gasteiger partial charge in [-0.15, -0.1) is 0 Å². The third kappa shape index (κ3) is 2.82. The number of fused-ring (bicyclic) bond motifs is 3. The molecular formula is C17H18N6O2. The molecule has 0 spiro atoms. The summed E-state index contributed by atoms with van der Waals surface area (Å²) in [6.45, 7) is 2.26. The van der Waals surface area contributed by atoms with Gasteiger partial charge in [0, 0.05) is 24.9 Å². The van der Waals surface area contributed by atoms with Gasteiger partial charge in [-0.05, 0) is 19.1 Å². The van der Waals surface area contributed by atoms with Crippen LogP contribution in [0.2, 0.25) is 0 Å². The van der Waals surface area contributed by atoms with Crippen LogP contribution in [0, 0.1) is 0 Å². The summed E-state index contributed by atoms with van der Waals surface area (Å²) in [5, 5.41) is 13.5. The van der Waals surface area contributed by atoms with Crippen molar-refractivity contribution in [2.24, 2.45) is 0 Å². The number of ether oxygens (including phenoxy) is 1. The minimum Gasteiger partial charge on any atom is -0.491 e. The minimum absolute atomic E-state index is 0.160. The van der Waals surface area contributed by atoms with Crippen molar-refractivity contribution in [3.05, 3.63) is 42.1 Å². The van der Waals surface area contributed by atoms with Crippen LogP contribution in [0.1, 0.15) is 17.3 Å². The van der Waals surface area contributed by atoms with Crippen molar-refractivity contribution in [1.29, 1.82) is 0 Å². The molecule has 0 aliphatic carbocycles. The highest BCUT2D eigenvalue weighted by Gasteiger charge is 2.19. The molecule has 3 N–H and O–H groups in total. The first-order chi connectivity index (χ1) is 12.1. The lowest BCUT2D eigenvalue weighted by Gasteiger charge is -2.14. The summed E-state index contributed by atoms with van der Waals surface area (Å²) in [7, 11) is 1.80. The molecule has 4 bridgehead atoms. The van der Waals surface area contributed by atoms with E-state index in [-0.39, 0.29) is 11.9 Å². The summed E-state index contributed by atoms with van der Waals surface area (Å²) in [6, 6.07) is 9.28. The number of benzene rings is 1. The van der Waals surface area contributed by atoms with Crippen molar-refractivity contribution in [3.8, 4) is 5.75 Å². The molecule has 2 aromatic heterocycles. The van der Waals surface area contributed by atoms with Crippen molar-refractivity contribution < 1.29 is 9.53 Å². The number of carbonyl (C=O) groups is 1. The van der Waals surface area contributed by atoms with Gasteiger partial charge in [-0.1, -0.05) is 6.07 Å². The first-order valence-corrected chi connectivity index (χ1v) is 8.01. The summed E-state index contributed by atoms with van der Waals surface area (Å²) in [5.41, 5.74) is 1.75. The van der Waals surface area contributed by atoms with Gasteiger partial charge in [0.05, 0.1) is 12.2 Å². The number of hydrogen-bond donors (Lipinski definition) is 3. The standard InChI is InChI=1S/C17H18N6O2/c1-10-9-25-12-5-3-4-11(6-12)21-14-7-15(18-2)23-16(22-14)13(8-19-23)17(24)20-10/h3-8,10,18H,9H2,1-2H3,(H,20,24)(H,21,22). The van der Waals surface area contributed by atoms with E-state index < -0.39 is 0 Å². The molecule has 1 aliphatic heterocycles. The predicted octanol–water partition coefficient (Wildman–Crippen LogP) is 2.03. The maximum atomic E-state index is 12.6. The fourth-order valence-corrected chi connectivity index (χ4v) is 2.74. The lowest BCUT2D eigenvalue weighted by Crippen LogP contribution is -2.36. The van der Waals surface area contributed by atoms with E-state index in [1.54, 1.807) is 11.6 Å². The molecule has 1 unspecified atom stereocenters. The molecule has 8 heteroatoms. The second-order valence-corrected chi connectivity index (χ2v) is 5.91. The van der Waals surface area contributed by atoms with Crippen molar-refractivity contribution in [3.63, 3.8) is 0 Å². The zero-order chi connectivity index (χ0) is 17.4. The fraction of sp³-hybridized carbons (Fsp3) is 0.235. The van der Waals surface area contributed by atoms with Gasteiger partial charge in [-0.25, -0.2) is 4.98 Å². The molecule has 25 heavy (non-hydrogen) atoms. The number of hydrogen-bond acceptors (Lipinski definition) is 6. The molecule has 1 aliphatic rings. The number of anilines is 3. The van der Waals surface area contributed by atoms with Crippen LogP contribution < -0.4 is 20.7 Å². The molecule has 8 nitrogen and oxygen atoms in total. The Morgan fingerprint density at radius 3 is 3.08 bits per heavy atom. The van der Waals surface area contributed by atoms with Gasteiger partial charge in [-0.2, -0.15) is 9.61 Å². The maximum Gasteiger partial charge on any atom is 0.257 e. The van der Waals surface area contributed by atoms with E-state index in [2.05, 4.69) is 26.0 Å². The second-order valence-electron chi connectivity index (χ2n) is 5.91.